The number of ketones is 1. The van der Waals surface area contributed by atoms with Crippen molar-refractivity contribution in [2.75, 3.05) is 19.7 Å². The number of amides is 1. The van der Waals surface area contributed by atoms with E-state index in [2.05, 4.69) is 24.1 Å². The summed E-state index contributed by atoms with van der Waals surface area (Å²) in [6.45, 7) is 7.02. The van der Waals surface area contributed by atoms with E-state index < -0.39 is 0 Å². The first-order valence-corrected chi connectivity index (χ1v) is 9.76. The molecule has 0 aliphatic carbocycles. The SMILES string of the molecule is CC(C)[C@H]1CN2C[C@H](NC(=O)CCCC(=O)c3ccccc3)C[C@H]2CO1. The van der Waals surface area contributed by atoms with Crippen molar-refractivity contribution in [1.29, 1.82) is 0 Å². The number of rotatable bonds is 7. The second-order valence-corrected chi connectivity index (χ2v) is 7.87. The molecule has 26 heavy (non-hydrogen) atoms. The average molecular weight is 358 g/mol. The first-order chi connectivity index (χ1) is 12.5. The van der Waals surface area contributed by atoms with Crippen LogP contribution in [0.4, 0.5) is 0 Å². The second kappa shape index (κ2) is 8.78. The molecular formula is C21H30N2O3. The number of nitrogens with zero attached hydrogens (tertiary/aromatic N) is 1. The smallest absolute Gasteiger partial charge is 0.220 e. The van der Waals surface area contributed by atoms with Gasteiger partial charge in [-0.15, -0.1) is 0 Å². The van der Waals surface area contributed by atoms with Gasteiger partial charge in [-0.25, -0.2) is 0 Å². The molecule has 1 aromatic rings. The summed E-state index contributed by atoms with van der Waals surface area (Å²) in [4.78, 5) is 26.8. The summed E-state index contributed by atoms with van der Waals surface area (Å²) < 4.78 is 5.95. The largest absolute Gasteiger partial charge is 0.375 e. The highest BCUT2D eigenvalue weighted by molar-refractivity contribution is 5.96. The molecule has 2 fully saturated rings. The van der Waals surface area contributed by atoms with Crippen molar-refractivity contribution in [3.8, 4) is 0 Å². The molecule has 1 aromatic carbocycles. The average Bonchev–Trinajstić information content (AvgIpc) is 3.03. The van der Waals surface area contributed by atoms with Gasteiger partial charge in [-0.2, -0.15) is 0 Å². The molecule has 142 valence electrons. The zero-order chi connectivity index (χ0) is 18.5. The number of hydrogen-bond acceptors (Lipinski definition) is 4. The van der Waals surface area contributed by atoms with Crippen LogP contribution in [0.1, 0.15) is 49.9 Å². The first kappa shape index (κ1) is 19.1. The van der Waals surface area contributed by atoms with Crippen molar-refractivity contribution in [3.63, 3.8) is 0 Å². The molecule has 2 aliphatic rings. The maximum Gasteiger partial charge on any atom is 0.220 e. The number of benzene rings is 1. The van der Waals surface area contributed by atoms with Crippen molar-refractivity contribution in [1.82, 2.24) is 10.2 Å². The van der Waals surface area contributed by atoms with Gasteiger partial charge in [0, 0.05) is 43.6 Å². The molecule has 0 bridgehead atoms. The van der Waals surface area contributed by atoms with Crippen LogP contribution in [0.15, 0.2) is 30.3 Å². The fourth-order valence-electron chi connectivity index (χ4n) is 3.89. The zero-order valence-corrected chi connectivity index (χ0v) is 15.8. The van der Waals surface area contributed by atoms with Crippen molar-refractivity contribution in [2.45, 2.75) is 57.7 Å². The van der Waals surface area contributed by atoms with Gasteiger partial charge in [-0.05, 0) is 18.8 Å². The molecule has 0 saturated carbocycles. The molecule has 5 heteroatoms. The molecule has 1 N–H and O–H groups in total. The van der Waals surface area contributed by atoms with Gasteiger partial charge < -0.3 is 10.1 Å². The van der Waals surface area contributed by atoms with Gasteiger partial charge in [-0.1, -0.05) is 44.2 Å². The number of Topliss-reactive ketones (excluding diaryl/α,β-unsaturated/α-hetero) is 1. The Morgan fingerprint density at radius 2 is 1.96 bits per heavy atom. The van der Waals surface area contributed by atoms with Gasteiger partial charge in [0.25, 0.3) is 0 Å². The van der Waals surface area contributed by atoms with E-state index in [1.165, 1.54) is 0 Å². The summed E-state index contributed by atoms with van der Waals surface area (Å²) in [6, 6.07) is 9.90. The van der Waals surface area contributed by atoms with Crippen LogP contribution in [0.2, 0.25) is 0 Å². The Morgan fingerprint density at radius 3 is 2.69 bits per heavy atom. The Hall–Kier alpha value is -1.72. The van der Waals surface area contributed by atoms with E-state index in [1.54, 1.807) is 0 Å². The first-order valence-electron chi connectivity index (χ1n) is 9.76. The molecule has 3 rings (SSSR count). The van der Waals surface area contributed by atoms with Gasteiger partial charge in [0.2, 0.25) is 5.91 Å². The molecule has 0 aromatic heterocycles. The predicted molar refractivity (Wildman–Crippen MR) is 101 cm³/mol. The monoisotopic (exact) mass is 358 g/mol. The van der Waals surface area contributed by atoms with Gasteiger partial charge >= 0.3 is 0 Å². The minimum absolute atomic E-state index is 0.0528. The maximum atomic E-state index is 12.2. The molecular weight excluding hydrogens is 328 g/mol. The topological polar surface area (TPSA) is 58.6 Å². The summed E-state index contributed by atoms with van der Waals surface area (Å²) in [5.74, 6) is 0.678. The van der Waals surface area contributed by atoms with Crippen molar-refractivity contribution < 1.29 is 14.3 Å². The highest BCUT2D eigenvalue weighted by atomic mass is 16.5. The fourth-order valence-corrected chi connectivity index (χ4v) is 3.89. The van der Waals surface area contributed by atoms with Crippen LogP contribution in [0, 0.1) is 5.92 Å². The summed E-state index contributed by atoms with van der Waals surface area (Å²) in [5, 5.41) is 3.15. The minimum Gasteiger partial charge on any atom is -0.375 e. The quantitative estimate of drug-likeness (QED) is 0.762. The third-order valence-corrected chi connectivity index (χ3v) is 5.46. The zero-order valence-electron chi connectivity index (χ0n) is 15.8. The molecule has 0 unspecified atom stereocenters. The van der Waals surface area contributed by atoms with E-state index in [-0.39, 0.29) is 17.7 Å². The molecule has 2 saturated heterocycles. The number of ether oxygens (including phenoxy) is 1. The Morgan fingerprint density at radius 1 is 1.19 bits per heavy atom. The van der Waals surface area contributed by atoms with Crippen LogP contribution in [0.5, 0.6) is 0 Å². The number of nitrogens with one attached hydrogen (secondary N) is 1. The number of morpholine rings is 1. The van der Waals surface area contributed by atoms with Crippen LogP contribution >= 0.6 is 0 Å². The van der Waals surface area contributed by atoms with Crippen LogP contribution in [-0.4, -0.2) is 54.5 Å². The van der Waals surface area contributed by atoms with Gasteiger partial charge in [-0.3, -0.25) is 14.5 Å². The van der Waals surface area contributed by atoms with Crippen molar-refractivity contribution >= 4 is 11.7 Å². The highest BCUT2D eigenvalue weighted by Gasteiger charge is 2.38. The third-order valence-electron chi connectivity index (χ3n) is 5.46. The van der Waals surface area contributed by atoms with Crippen molar-refractivity contribution in [2.24, 2.45) is 5.92 Å². The van der Waals surface area contributed by atoms with Crippen LogP contribution in [-0.2, 0) is 9.53 Å². The lowest BCUT2D eigenvalue weighted by atomic mass is 10.0. The lowest BCUT2D eigenvalue weighted by Crippen LogP contribution is -2.48. The summed E-state index contributed by atoms with van der Waals surface area (Å²) in [6.07, 6.45) is 2.67. The molecule has 0 radical (unpaired) electrons. The maximum absolute atomic E-state index is 12.2. The normalized spacial score (nSPS) is 25.9. The number of fused-ring (bicyclic) bond motifs is 1. The van der Waals surface area contributed by atoms with Crippen molar-refractivity contribution in [3.05, 3.63) is 35.9 Å². The third kappa shape index (κ3) is 4.92. The van der Waals surface area contributed by atoms with E-state index in [1.807, 2.05) is 30.3 Å². The standard InChI is InChI=1S/C21H30N2O3/c1-15(2)20-13-23-12-17(11-18(23)14-26-20)22-21(25)10-6-9-19(24)16-7-4-3-5-8-16/h3-5,7-8,15,17-18,20H,6,9-14H2,1-2H3,(H,22,25)/t17-,18+,20-/m1/s1. The van der Waals surface area contributed by atoms with Crippen LogP contribution in [0.3, 0.4) is 0 Å². The fraction of sp³-hybridized carbons (Fsp3) is 0.619. The Labute approximate surface area is 156 Å². The highest BCUT2D eigenvalue weighted by Crippen LogP contribution is 2.25. The van der Waals surface area contributed by atoms with Gasteiger partial charge in [0.15, 0.2) is 5.78 Å². The minimum atomic E-state index is 0.0528. The summed E-state index contributed by atoms with van der Waals surface area (Å²) in [7, 11) is 0. The van der Waals surface area contributed by atoms with Gasteiger partial charge in [0.05, 0.1) is 12.7 Å². The Bertz CT molecular complexity index is 617. The summed E-state index contributed by atoms with van der Waals surface area (Å²) in [5.41, 5.74) is 0.722. The molecule has 5 nitrogen and oxygen atoms in total. The van der Waals surface area contributed by atoms with Crippen LogP contribution < -0.4 is 5.32 Å². The van der Waals surface area contributed by atoms with E-state index >= 15 is 0 Å². The lowest BCUT2D eigenvalue weighted by Gasteiger charge is -2.36. The molecule has 0 spiro atoms. The molecule has 2 heterocycles. The second-order valence-electron chi connectivity index (χ2n) is 7.87. The summed E-state index contributed by atoms with van der Waals surface area (Å²) >= 11 is 0. The van der Waals surface area contributed by atoms with E-state index in [0.717, 1.165) is 31.7 Å². The van der Waals surface area contributed by atoms with E-state index in [9.17, 15) is 9.59 Å². The van der Waals surface area contributed by atoms with E-state index in [0.29, 0.717) is 37.3 Å². The van der Waals surface area contributed by atoms with E-state index in [4.69, 9.17) is 4.74 Å². The Kier molecular flexibility index (Phi) is 6.43. The van der Waals surface area contributed by atoms with Crippen LogP contribution in [0.25, 0.3) is 0 Å². The molecule has 2 aliphatic heterocycles. The molecule has 1 amide bonds. The molecule has 3 atom stereocenters. The van der Waals surface area contributed by atoms with Gasteiger partial charge in [0.1, 0.15) is 0 Å². The number of carbonyl (C=O) groups is 2. The number of carbonyl (C=O) groups excluding carboxylic acids is 2. The Balaban J connectivity index is 1.37. The lowest BCUT2D eigenvalue weighted by molar-refractivity contribution is -0.121. The predicted octanol–water partition coefficient (Wildman–Crippen LogP) is 2.65. The number of hydrogen-bond donors (Lipinski definition) is 1.